The van der Waals surface area contributed by atoms with Crippen LogP contribution in [0.2, 0.25) is 0 Å². The van der Waals surface area contributed by atoms with E-state index in [0.29, 0.717) is 24.3 Å². The molecule has 1 aromatic rings. The maximum Gasteiger partial charge on any atom is 0.222 e. The Morgan fingerprint density at radius 3 is 2.67 bits per heavy atom. The highest BCUT2D eigenvalue weighted by molar-refractivity contribution is 5.78. The third kappa shape index (κ3) is 3.30. The van der Waals surface area contributed by atoms with Crippen LogP contribution >= 0.6 is 0 Å². The lowest BCUT2D eigenvalue weighted by Gasteiger charge is -2.37. The second-order valence-electron chi connectivity index (χ2n) is 6.19. The normalized spacial score (nSPS) is 23.0. The fourth-order valence-electron chi connectivity index (χ4n) is 3.44. The van der Waals surface area contributed by atoms with Crippen molar-refractivity contribution in [3.8, 4) is 0 Å². The largest absolute Gasteiger partial charge is 0.464 e. The molecule has 2 aliphatic heterocycles. The number of aliphatic hydroxyl groups excluding tert-OH is 1. The first kappa shape index (κ1) is 14.6. The maximum absolute atomic E-state index is 11.8. The van der Waals surface area contributed by atoms with Gasteiger partial charge in [0.2, 0.25) is 5.91 Å². The van der Waals surface area contributed by atoms with Crippen LogP contribution in [0.1, 0.15) is 43.3 Å². The van der Waals surface area contributed by atoms with Gasteiger partial charge in [-0.25, -0.2) is 0 Å². The molecule has 1 unspecified atom stereocenters. The molecule has 116 valence electrons. The third-order valence-corrected chi connectivity index (χ3v) is 4.63. The fraction of sp³-hybridized carbons (Fsp3) is 0.688. The summed E-state index contributed by atoms with van der Waals surface area (Å²) in [5, 5.41) is 10.2. The fourth-order valence-corrected chi connectivity index (χ4v) is 3.44. The summed E-state index contributed by atoms with van der Waals surface area (Å²) in [5.41, 5.74) is 0. The van der Waals surface area contributed by atoms with Gasteiger partial charge in [0, 0.05) is 38.6 Å². The van der Waals surface area contributed by atoms with Crippen LogP contribution in [0.5, 0.6) is 0 Å². The van der Waals surface area contributed by atoms with E-state index in [9.17, 15) is 9.90 Å². The van der Waals surface area contributed by atoms with E-state index in [4.69, 9.17) is 4.42 Å². The number of aliphatic hydroxyl groups is 1. The third-order valence-electron chi connectivity index (χ3n) is 4.63. The summed E-state index contributed by atoms with van der Waals surface area (Å²) in [6.45, 7) is 5.29. The van der Waals surface area contributed by atoms with Crippen molar-refractivity contribution in [2.45, 2.75) is 44.8 Å². The monoisotopic (exact) mass is 292 g/mol. The van der Waals surface area contributed by atoms with Crippen LogP contribution in [-0.2, 0) is 4.79 Å². The number of carbonyl (C=O) groups excluding carboxylic acids is 1. The van der Waals surface area contributed by atoms with Crippen LogP contribution < -0.4 is 0 Å². The van der Waals surface area contributed by atoms with E-state index < -0.39 is 6.10 Å². The molecule has 1 N–H and O–H groups in total. The molecule has 5 nitrogen and oxygen atoms in total. The number of carbonyl (C=O) groups is 1. The second-order valence-corrected chi connectivity index (χ2v) is 6.19. The van der Waals surface area contributed by atoms with Crippen molar-refractivity contribution < 1.29 is 14.3 Å². The summed E-state index contributed by atoms with van der Waals surface area (Å²) >= 11 is 0. The number of furan rings is 1. The van der Waals surface area contributed by atoms with Gasteiger partial charge in [0.25, 0.3) is 0 Å². The molecule has 5 heteroatoms. The van der Waals surface area contributed by atoms with Gasteiger partial charge in [-0.2, -0.15) is 0 Å². The number of amides is 1. The highest BCUT2D eigenvalue weighted by atomic mass is 16.4. The Labute approximate surface area is 125 Å². The summed E-state index contributed by atoms with van der Waals surface area (Å²) in [5.74, 6) is 1.79. The molecule has 0 bridgehead atoms. The standard InChI is InChI=1S/C16H24N2O3/c1-12-4-5-15(21-12)14(19)11-17-9-6-13(7-10-17)18-8-2-3-16(18)20/h4-5,13-14,19H,2-3,6-11H2,1H3. The molecular formula is C16H24N2O3. The molecule has 1 aromatic heterocycles. The minimum absolute atomic E-state index is 0.319. The topological polar surface area (TPSA) is 56.9 Å². The molecule has 2 aliphatic rings. The van der Waals surface area contributed by atoms with Crippen LogP contribution in [0.3, 0.4) is 0 Å². The van der Waals surface area contributed by atoms with Crippen molar-refractivity contribution in [1.82, 2.24) is 9.80 Å². The molecule has 3 rings (SSSR count). The maximum atomic E-state index is 11.8. The highest BCUT2D eigenvalue weighted by Crippen LogP contribution is 2.24. The van der Waals surface area contributed by atoms with Gasteiger partial charge in [-0.15, -0.1) is 0 Å². The Morgan fingerprint density at radius 1 is 1.33 bits per heavy atom. The molecule has 3 heterocycles. The lowest BCUT2D eigenvalue weighted by atomic mass is 10.0. The predicted octanol–water partition coefficient (Wildman–Crippen LogP) is 1.71. The van der Waals surface area contributed by atoms with Gasteiger partial charge in [0.15, 0.2) is 0 Å². The molecule has 1 atom stereocenters. The Balaban J connectivity index is 1.48. The van der Waals surface area contributed by atoms with E-state index in [2.05, 4.69) is 9.80 Å². The molecule has 2 saturated heterocycles. The lowest BCUT2D eigenvalue weighted by Crippen LogP contribution is -2.46. The Kier molecular flexibility index (Phi) is 4.31. The van der Waals surface area contributed by atoms with E-state index in [1.54, 1.807) is 0 Å². The van der Waals surface area contributed by atoms with Crippen LogP contribution in [-0.4, -0.2) is 53.0 Å². The van der Waals surface area contributed by atoms with Crippen molar-refractivity contribution in [3.63, 3.8) is 0 Å². The summed E-state index contributed by atoms with van der Waals surface area (Å²) in [6.07, 6.45) is 3.18. The number of rotatable bonds is 4. The summed E-state index contributed by atoms with van der Waals surface area (Å²) in [4.78, 5) is 16.1. The first-order chi connectivity index (χ1) is 10.1. The summed E-state index contributed by atoms with van der Waals surface area (Å²) in [6, 6.07) is 4.12. The van der Waals surface area contributed by atoms with Crippen molar-refractivity contribution >= 4 is 5.91 Å². The highest BCUT2D eigenvalue weighted by Gasteiger charge is 2.31. The minimum atomic E-state index is -0.566. The lowest BCUT2D eigenvalue weighted by molar-refractivity contribution is -0.130. The number of piperidine rings is 1. The van der Waals surface area contributed by atoms with Gasteiger partial charge >= 0.3 is 0 Å². The smallest absolute Gasteiger partial charge is 0.222 e. The average molecular weight is 292 g/mol. The van der Waals surface area contributed by atoms with Crippen molar-refractivity contribution in [2.75, 3.05) is 26.2 Å². The van der Waals surface area contributed by atoms with Gasteiger partial charge in [0.1, 0.15) is 17.6 Å². The molecule has 1 amide bonds. The Morgan fingerprint density at radius 2 is 2.10 bits per heavy atom. The van der Waals surface area contributed by atoms with Gasteiger partial charge in [-0.3, -0.25) is 4.79 Å². The Bertz CT molecular complexity index is 491. The molecule has 0 spiro atoms. The molecule has 0 aromatic carbocycles. The summed E-state index contributed by atoms with van der Waals surface area (Å²) < 4.78 is 5.47. The zero-order chi connectivity index (χ0) is 14.8. The first-order valence-electron chi connectivity index (χ1n) is 7.89. The number of β-amino-alcohol motifs (C(OH)–C–C–N with tert-alkyl or cyclic N) is 1. The number of aryl methyl sites for hydroxylation is 1. The first-order valence-corrected chi connectivity index (χ1v) is 7.89. The van der Waals surface area contributed by atoms with E-state index in [-0.39, 0.29) is 0 Å². The van der Waals surface area contributed by atoms with Crippen LogP contribution in [0.4, 0.5) is 0 Å². The second kappa shape index (κ2) is 6.20. The van der Waals surface area contributed by atoms with E-state index in [1.807, 2.05) is 19.1 Å². The van der Waals surface area contributed by atoms with Crippen molar-refractivity contribution in [2.24, 2.45) is 0 Å². The van der Waals surface area contributed by atoms with Crippen LogP contribution in [0, 0.1) is 6.92 Å². The summed E-state index contributed by atoms with van der Waals surface area (Å²) in [7, 11) is 0. The van der Waals surface area contributed by atoms with Crippen LogP contribution in [0.25, 0.3) is 0 Å². The minimum Gasteiger partial charge on any atom is -0.464 e. The van der Waals surface area contributed by atoms with Gasteiger partial charge in [0.05, 0.1) is 0 Å². The van der Waals surface area contributed by atoms with E-state index in [1.165, 1.54) is 0 Å². The molecule has 0 aliphatic carbocycles. The number of nitrogens with zero attached hydrogens (tertiary/aromatic N) is 2. The number of hydrogen-bond donors (Lipinski definition) is 1. The molecule has 0 saturated carbocycles. The number of hydrogen-bond acceptors (Lipinski definition) is 4. The van der Waals surface area contributed by atoms with Gasteiger partial charge in [-0.1, -0.05) is 0 Å². The van der Waals surface area contributed by atoms with Gasteiger partial charge in [-0.05, 0) is 38.3 Å². The molecule has 21 heavy (non-hydrogen) atoms. The van der Waals surface area contributed by atoms with Crippen LogP contribution in [0.15, 0.2) is 16.5 Å². The SMILES string of the molecule is Cc1ccc(C(O)CN2CCC(N3CCCC3=O)CC2)o1. The number of likely N-dealkylation sites (tertiary alicyclic amines) is 2. The van der Waals surface area contributed by atoms with Crippen molar-refractivity contribution in [3.05, 3.63) is 23.7 Å². The van der Waals surface area contributed by atoms with E-state index >= 15 is 0 Å². The zero-order valence-electron chi connectivity index (χ0n) is 12.6. The molecule has 0 radical (unpaired) electrons. The average Bonchev–Trinajstić information content (AvgIpc) is 3.08. The Hall–Kier alpha value is -1.33. The van der Waals surface area contributed by atoms with Crippen molar-refractivity contribution in [1.29, 1.82) is 0 Å². The predicted molar refractivity (Wildman–Crippen MR) is 78.8 cm³/mol. The quantitative estimate of drug-likeness (QED) is 0.918. The molecule has 2 fully saturated rings. The van der Waals surface area contributed by atoms with Gasteiger partial charge < -0.3 is 19.3 Å². The molecular weight excluding hydrogens is 268 g/mol. The zero-order valence-corrected chi connectivity index (χ0v) is 12.6. The van der Waals surface area contributed by atoms with E-state index in [0.717, 1.165) is 51.1 Å².